The quantitative estimate of drug-likeness (QED) is 0.772. The molecular formula is C12H10BBr2N4. The molecule has 2 aromatic rings. The van der Waals surface area contributed by atoms with Gasteiger partial charge in [-0.15, -0.1) is 0 Å². The zero-order chi connectivity index (χ0) is 13.4. The zero-order valence-electron chi connectivity index (χ0n) is 9.92. The van der Waals surface area contributed by atoms with Crippen LogP contribution < -0.4 is 5.73 Å². The number of hydrogen-bond donors (Lipinski definition) is 1. The Kier molecular flexibility index (Phi) is 9.05. The van der Waals surface area contributed by atoms with Crippen molar-refractivity contribution in [3.63, 3.8) is 0 Å². The van der Waals surface area contributed by atoms with Crippen molar-refractivity contribution in [2.24, 2.45) is 5.73 Å². The molecule has 0 aliphatic carbocycles. The molecule has 0 spiro atoms. The Morgan fingerprint density at radius 3 is 2.05 bits per heavy atom. The molecule has 0 saturated heterocycles. The lowest BCUT2D eigenvalue weighted by molar-refractivity contribution is 0.987. The van der Waals surface area contributed by atoms with Gasteiger partial charge in [0, 0.05) is 36.3 Å². The molecule has 2 N–H and O–H groups in total. The number of nitriles is 1. The lowest BCUT2D eigenvalue weighted by Crippen LogP contribution is -1.97. The van der Waals surface area contributed by atoms with E-state index in [1.807, 2.05) is 18.2 Å². The molecule has 0 unspecified atom stereocenters. The fourth-order valence-electron chi connectivity index (χ4n) is 1.03. The fraction of sp³-hybridized carbons (Fsp3) is 0.0833. The van der Waals surface area contributed by atoms with Gasteiger partial charge in [-0.3, -0.25) is 4.98 Å². The number of rotatable bonds is 1. The van der Waals surface area contributed by atoms with E-state index < -0.39 is 0 Å². The first-order valence-electron chi connectivity index (χ1n) is 4.98. The molecule has 0 saturated carbocycles. The van der Waals surface area contributed by atoms with Crippen molar-refractivity contribution in [3.05, 3.63) is 57.0 Å². The number of halogens is 2. The van der Waals surface area contributed by atoms with E-state index in [2.05, 4.69) is 41.8 Å². The predicted octanol–water partition coefficient (Wildman–Crippen LogP) is 2.64. The van der Waals surface area contributed by atoms with Crippen molar-refractivity contribution in [1.29, 1.82) is 5.26 Å². The third-order valence-corrected chi connectivity index (χ3v) is 2.81. The van der Waals surface area contributed by atoms with Crippen molar-refractivity contribution in [2.75, 3.05) is 0 Å². The third-order valence-electron chi connectivity index (χ3n) is 1.82. The summed E-state index contributed by atoms with van der Waals surface area (Å²) in [6.45, 7) is 0.499. The molecule has 0 aliphatic heterocycles. The van der Waals surface area contributed by atoms with Gasteiger partial charge in [0.25, 0.3) is 0 Å². The molecule has 3 radical (unpaired) electrons. The summed E-state index contributed by atoms with van der Waals surface area (Å²) in [6, 6.07) is 9.15. The van der Waals surface area contributed by atoms with Crippen molar-refractivity contribution in [2.45, 2.75) is 6.54 Å². The van der Waals surface area contributed by atoms with Crippen LogP contribution in [-0.2, 0) is 6.54 Å². The van der Waals surface area contributed by atoms with Crippen LogP contribution in [0.25, 0.3) is 0 Å². The largest absolute Gasteiger partial charge is 0.325 e. The van der Waals surface area contributed by atoms with E-state index in [0.29, 0.717) is 12.2 Å². The molecule has 2 heterocycles. The zero-order valence-corrected chi connectivity index (χ0v) is 13.1. The van der Waals surface area contributed by atoms with Gasteiger partial charge in [0.15, 0.2) is 0 Å². The van der Waals surface area contributed by atoms with Crippen molar-refractivity contribution in [3.8, 4) is 6.07 Å². The molecular weight excluding hydrogens is 371 g/mol. The summed E-state index contributed by atoms with van der Waals surface area (Å²) >= 11 is 6.52. The van der Waals surface area contributed by atoms with Gasteiger partial charge in [0.1, 0.15) is 11.8 Å². The minimum Gasteiger partial charge on any atom is -0.325 e. The van der Waals surface area contributed by atoms with Crippen molar-refractivity contribution < 1.29 is 0 Å². The number of hydrogen-bond acceptors (Lipinski definition) is 4. The Hall–Kier alpha value is -1.23. The number of nitrogens with zero attached hydrogens (tertiary/aromatic N) is 3. The topological polar surface area (TPSA) is 75.6 Å². The summed E-state index contributed by atoms with van der Waals surface area (Å²) in [5.74, 6) is 0. The molecule has 0 amide bonds. The molecule has 2 aromatic heterocycles. The van der Waals surface area contributed by atoms with Gasteiger partial charge in [-0.1, -0.05) is 31.9 Å². The Bertz CT molecular complexity index is 557. The van der Waals surface area contributed by atoms with E-state index in [0.717, 1.165) is 14.6 Å². The molecule has 0 aromatic carbocycles. The summed E-state index contributed by atoms with van der Waals surface area (Å²) in [6.07, 6.45) is 3.31. The van der Waals surface area contributed by atoms with Gasteiger partial charge in [-0.25, -0.2) is 4.98 Å². The van der Waals surface area contributed by atoms with Crippen LogP contribution in [0.1, 0.15) is 11.4 Å². The first kappa shape index (κ1) is 17.8. The highest BCUT2D eigenvalue weighted by Gasteiger charge is 1.89. The monoisotopic (exact) mass is 379 g/mol. The van der Waals surface area contributed by atoms with E-state index in [-0.39, 0.29) is 8.41 Å². The Labute approximate surface area is 130 Å². The van der Waals surface area contributed by atoms with Gasteiger partial charge in [-0.05, 0) is 24.3 Å². The van der Waals surface area contributed by atoms with E-state index in [9.17, 15) is 0 Å². The van der Waals surface area contributed by atoms with Gasteiger partial charge in [0.05, 0.1) is 5.69 Å². The smallest absolute Gasteiger partial charge is 0.141 e. The molecule has 95 valence electrons. The summed E-state index contributed by atoms with van der Waals surface area (Å²) < 4.78 is 1.91. The lowest BCUT2D eigenvalue weighted by atomic mass is 10.4. The average molecular weight is 381 g/mol. The van der Waals surface area contributed by atoms with Gasteiger partial charge in [-0.2, -0.15) is 5.26 Å². The second-order valence-corrected chi connectivity index (χ2v) is 4.97. The third kappa shape index (κ3) is 7.06. The normalized spacial score (nSPS) is 8.53. The van der Waals surface area contributed by atoms with Crippen LogP contribution in [0.5, 0.6) is 0 Å². The van der Waals surface area contributed by atoms with Crippen LogP contribution in [0.4, 0.5) is 0 Å². The van der Waals surface area contributed by atoms with E-state index in [1.165, 1.54) is 0 Å². The number of aromatic nitrogens is 2. The van der Waals surface area contributed by atoms with Crippen LogP contribution in [0.3, 0.4) is 0 Å². The molecule has 2 rings (SSSR count). The minimum atomic E-state index is 0. The number of pyridine rings is 2. The lowest BCUT2D eigenvalue weighted by Gasteiger charge is -1.93. The average Bonchev–Trinajstić information content (AvgIpc) is 2.39. The van der Waals surface area contributed by atoms with Crippen LogP contribution >= 0.6 is 31.9 Å². The van der Waals surface area contributed by atoms with E-state index in [4.69, 9.17) is 11.0 Å². The SMILES string of the molecule is N#Cc1cc(Br)ccn1.NCc1cc(Br)ccn1.[B]. The summed E-state index contributed by atoms with van der Waals surface area (Å²) in [4.78, 5) is 7.77. The Morgan fingerprint density at radius 1 is 1.11 bits per heavy atom. The maximum Gasteiger partial charge on any atom is 0.141 e. The molecule has 4 nitrogen and oxygen atoms in total. The standard InChI is InChI=1S/C6H7BrN2.C6H3BrN2.B/c2*7-5-1-2-9-6(3-5)4-8;/h1-3H,4,8H2;1-3H;. The van der Waals surface area contributed by atoms with Gasteiger partial charge in [0.2, 0.25) is 0 Å². The van der Waals surface area contributed by atoms with E-state index in [1.54, 1.807) is 24.5 Å². The highest BCUT2D eigenvalue weighted by molar-refractivity contribution is 9.10. The van der Waals surface area contributed by atoms with Gasteiger partial charge >= 0.3 is 0 Å². The second kappa shape index (κ2) is 9.67. The van der Waals surface area contributed by atoms with Crippen LogP contribution in [0.15, 0.2) is 45.6 Å². The maximum atomic E-state index is 8.33. The van der Waals surface area contributed by atoms with Crippen LogP contribution in [-0.4, -0.2) is 18.4 Å². The molecule has 19 heavy (non-hydrogen) atoms. The Morgan fingerprint density at radius 2 is 1.68 bits per heavy atom. The van der Waals surface area contributed by atoms with E-state index >= 15 is 0 Å². The summed E-state index contributed by atoms with van der Waals surface area (Å²) in [7, 11) is 0. The molecule has 7 heteroatoms. The molecule has 0 aliphatic rings. The minimum absolute atomic E-state index is 0. The fourth-order valence-corrected chi connectivity index (χ4v) is 1.74. The molecule has 0 bridgehead atoms. The highest BCUT2D eigenvalue weighted by Crippen LogP contribution is 2.08. The van der Waals surface area contributed by atoms with Gasteiger partial charge < -0.3 is 5.73 Å². The van der Waals surface area contributed by atoms with Crippen LogP contribution in [0, 0.1) is 11.3 Å². The highest BCUT2D eigenvalue weighted by atomic mass is 79.9. The van der Waals surface area contributed by atoms with Crippen molar-refractivity contribution in [1.82, 2.24) is 9.97 Å². The first-order valence-corrected chi connectivity index (χ1v) is 6.56. The molecule has 0 atom stereocenters. The first-order chi connectivity index (χ1) is 8.65. The van der Waals surface area contributed by atoms with Crippen LogP contribution in [0.2, 0.25) is 0 Å². The summed E-state index contributed by atoms with van der Waals surface area (Å²) in [5.41, 5.74) is 6.68. The predicted molar refractivity (Wildman–Crippen MR) is 82.2 cm³/mol. The van der Waals surface area contributed by atoms with Crippen molar-refractivity contribution >= 4 is 40.3 Å². The Balaban J connectivity index is 0.000000324. The molecule has 0 fully saturated rings. The second-order valence-electron chi connectivity index (χ2n) is 3.14. The maximum absolute atomic E-state index is 8.33. The number of nitrogens with two attached hydrogens (primary N) is 1. The summed E-state index contributed by atoms with van der Waals surface area (Å²) in [5, 5.41) is 8.33.